The van der Waals surface area contributed by atoms with E-state index in [2.05, 4.69) is 34.5 Å². The van der Waals surface area contributed by atoms with Crippen LogP contribution in [0.3, 0.4) is 0 Å². The summed E-state index contributed by atoms with van der Waals surface area (Å²) in [5.74, 6) is 1.24. The average Bonchev–Trinajstić information content (AvgIpc) is 2.51. The Morgan fingerprint density at radius 1 is 1.48 bits per heavy atom. The van der Waals surface area contributed by atoms with Gasteiger partial charge in [-0.3, -0.25) is 4.79 Å². The number of anilines is 1. The zero-order chi connectivity index (χ0) is 15.1. The molecule has 0 aromatic carbocycles. The van der Waals surface area contributed by atoms with Crippen molar-refractivity contribution in [2.75, 3.05) is 38.5 Å². The third kappa shape index (κ3) is 5.01. The number of piperidine rings is 1. The molecule has 0 bridgehead atoms. The van der Waals surface area contributed by atoms with E-state index in [1.54, 1.807) is 6.07 Å². The zero-order valence-corrected chi connectivity index (χ0v) is 13.1. The van der Waals surface area contributed by atoms with Crippen LogP contribution in [0, 0.1) is 5.92 Å². The molecule has 1 aromatic rings. The number of hydrogen-bond acceptors (Lipinski definition) is 4. The van der Waals surface area contributed by atoms with Gasteiger partial charge in [-0.05, 0) is 50.9 Å². The maximum atomic E-state index is 12.2. The number of rotatable bonds is 6. The van der Waals surface area contributed by atoms with Crippen LogP contribution in [-0.2, 0) is 0 Å². The van der Waals surface area contributed by atoms with Gasteiger partial charge in [0.25, 0.3) is 5.91 Å². The van der Waals surface area contributed by atoms with Crippen LogP contribution in [0.25, 0.3) is 0 Å². The van der Waals surface area contributed by atoms with Gasteiger partial charge >= 0.3 is 0 Å². The molecule has 0 radical (unpaired) electrons. The van der Waals surface area contributed by atoms with E-state index >= 15 is 0 Å². The first kappa shape index (κ1) is 15.8. The van der Waals surface area contributed by atoms with Gasteiger partial charge in [0.1, 0.15) is 11.5 Å². The van der Waals surface area contributed by atoms with Crippen LogP contribution in [0.1, 0.15) is 36.7 Å². The summed E-state index contributed by atoms with van der Waals surface area (Å²) in [6.45, 7) is 5.93. The Kier molecular flexibility index (Phi) is 5.99. The van der Waals surface area contributed by atoms with Crippen molar-refractivity contribution in [1.29, 1.82) is 0 Å². The van der Waals surface area contributed by atoms with Crippen molar-refractivity contribution in [2.24, 2.45) is 5.92 Å². The number of carbonyl (C=O) groups is 1. The highest BCUT2D eigenvalue weighted by molar-refractivity contribution is 5.92. The predicted molar refractivity (Wildman–Crippen MR) is 85.6 cm³/mol. The summed E-state index contributed by atoms with van der Waals surface area (Å²) < 4.78 is 0. The number of likely N-dealkylation sites (tertiary alicyclic amines) is 1. The van der Waals surface area contributed by atoms with Crippen LogP contribution < -0.4 is 10.6 Å². The lowest BCUT2D eigenvalue weighted by atomic mass is 9.98. The molecule has 1 unspecified atom stereocenters. The minimum absolute atomic E-state index is 0.0802. The number of pyridine rings is 1. The molecule has 0 saturated carbocycles. The Hall–Kier alpha value is -1.62. The van der Waals surface area contributed by atoms with Crippen LogP contribution >= 0.6 is 0 Å². The van der Waals surface area contributed by atoms with Crippen LogP contribution in [0.15, 0.2) is 18.2 Å². The molecule has 1 aromatic heterocycles. The zero-order valence-electron chi connectivity index (χ0n) is 13.1. The number of nitrogens with one attached hydrogen (secondary N) is 2. The predicted octanol–water partition coefficient (Wildman–Crippen LogP) is 1.98. The number of hydrogen-bond donors (Lipinski definition) is 2. The summed E-state index contributed by atoms with van der Waals surface area (Å²) in [6.07, 6.45) is 3.44. The second-order valence-corrected chi connectivity index (χ2v) is 5.82. The van der Waals surface area contributed by atoms with Gasteiger partial charge in [-0.25, -0.2) is 4.98 Å². The van der Waals surface area contributed by atoms with Crippen LogP contribution in [0.2, 0.25) is 0 Å². The van der Waals surface area contributed by atoms with Crippen molar-refractivity contribution in [3.05, 3.63) is 23.9 Å². The minimum Gasteiger partial charge on any atom is -0.370 e. The van der Waals surface area contributed by atoms with E-state index in [0.717, 1.165) is 38.4 Å². The first-order valence-electron chi connectivity index (χ1n) is 7.86. The Morgan fingerprint density at radius 3 is 3.10 bits per heavy atom. The van der Waals surface area contributed by atoms with E-state index in [1.807, 2.05) is 12.1 Å². The number of amides is 1. The molecule has 1 fully saturated rings. The molecule has 5 nitrogen and oxygen atoms in total. The van der Waals surface area contributed by atoms with Gasteiger partial charge in [0.05, 0.1) is 0 Å². The number of carbonyl (C=O) groups excluding carboxylic acids is 1. The van der Waals surface area contributed by atoms with Crippen LogP contribution in [-0.4, -0.2) is 49.0 Å². The maximum absolute atomic E-state index is 12.2. The van der Waals surface area contributed by atoms with Gasteiger partial charge in [0, 0.05) is 19.6 Å². The van der Waals surface area contributed by atoms with E-state index in [4.69, 9.17) is 0 Å². The van der Waals surface area contributed by atoms with Gasteiger partial charge < -0.3 is 15.5 Å². The summed E-state index contributed by atoms with van der Waals surface area (Å²) in [7, 11) is 2.14. The first-order chi connectivity index (χ1) is 10.2. The molecule has 0 aliphatic carbocycles. The Labute approximate surface area is 127 Å². The fraction of sp³-hybridized carbons (Fsp3) is 0.625. The summed E-state index contributed by atoms with van der Waals surface area (Å²) in [5, 5.41) is 6.22. The van der Waals surface area contributed by atoms with E-state index < -0.39 is 0 Å². The third-order valence-electron chi connectivity index (χ3n) is 3.81. The molecule has 1 aliphatic heterocycles. The molecule has 1 saturated heterocycles. The quantitative estimate of drug-likeness (QED) is 0.841. The molecule has 0 spiro atoms. The van der Waals surface area contributed by atoms with Crippen molar-refractivity contribution in [3.8, 4) is 0 Å². The van der Waals surface area contributed by atoms with Gasteiger partial charge in [-0.1, -0.05) is 13.0 Å². The number of nitrogens with zero attached hydrogens (tertiary/aromatic N) is 2. The van der Waals surface area contributed by atoms with Gasteiger partial charge in [-0.15, -0.1) is 0 Å². The SMILES string of the molecule is CCCNc1cccc(C(=O)NCC2CCCN(C)C2)n1. The molecule has 5 heteroatoms. The van der Waals surface area contributed by atoms with E-state index in [1.165, 1.54) is 12.8 Å². The monoisotopic (exact) mass is 290 g/mol. The second-order valence-electron chi connectivity index (χ2n) is 5.82. The summed E-state index contributed by atoms with van der Waals surface area (Å²) >= 11 is 0. The lowest BCUT2D eigenvalue weighted by molar-refractivity contribution is 0.0932. The number of aromatic nitrogens is 1. The van der Waals surface area contributed by atoms with E-state index in [0.29, 0.717) is 11.6 Å². The standard InChI is InChI=1S/C16H26N4O/c1-3-9-17-15-8-4-7-14(19-15)16(21)18-11-13-6-5-10-20(2)12-13/h4,7-8,13H,3,5-6,9-12H2,1-2H3,(H,17,19)(H,18,21). The Balaban J connectivity index is 1.85. The van der Waals surface area contributed by atoms with Gasteiger partial charge in [-0.2, -0.15) is 0 Å². The smallest absolute Gasteiger partial charge is 0.269 e. The van der Waals surface area contributed by atoms with Gasteiger partial charge in [0.2, 0.25) is 0 Å². The van der Waals surface area contributed by atoms with Crippen LogP contribution in [0.5, 0.6) is 0 Å². The molecular weight excluding hydrogens is 264 g/mol. The largest absolute Gasteiger partial charge is 0.370 e. The fourth-order valence-electron chi connectivity index (χ4n) is 2.68. The van der Waals surface area contributed by atoms with Crippen LogP contribution in [0.4, 0.5) is 5.82 Å². The molecule has 2 rings (SSSR count). The highest BCUT2D eigenvalue weighted by Crippen LogP contribution is 2.14. The Morgan fingerprint density at radius 2 is 2.33 bits per heavy atom. The summed E-state index contributed by atoms with van der Waals surface area (Å²) in [5.41, 5.74) is 0.486. The highest BCUT2D eigenvalue weighted by atomic mass is 16.1. The van der Waals surface area contributed by atoms with E-state index in [9.17, 15) is 4.79 Å². The molecule has 1 aliphatic rings. The van der Waals surface area contributed by atoms with Gasteiger partial charge in [0.15, 0.2) is 0 Å². The fourth-order valence-corrected chi connectivity index (χ4v) is 2.68. The summed E-state index contributed by atoms with van der Waals surface area (Å²) in [4.78, 5) is 18.9. The molecular formula is C16H26N4O. The molecule has 2 heterocycles. The van der Waals surface area contributed by atoms with Crippen molar-refractivity contribution in [2.45, 2.75) is 26.2 Å². The summed E-state index contributed by atoms with van der Waals surface area (Å²) in [6, 6.07) is 5.52. The first-order valence-corrected chi connectivity index (χ1v) is 7.86. The maximum Gasteiger partial charge on any atom is 0.269 e. The Bertz CT molecular complexity index is 463. The lowest BCUT2D eigenvalue weighted by Crippen LogP contribution is -2.39. The molecule has 116 valence electrons. The van der Waals surface area contributed by atoms with Crippen molar-refractivity contribution in [3.63, 3.8) is 0 Å². The normalized spacial score (nSPS) is 19.2. The molecule has 1 amide bonds. The van der Waals surface area contributed by atoms with Crippen molar-refractivity contribution in [1.82, 2.24) is 15.2 Å². The van der Waals surface area contributed by atoms with E-state index in [-0.39, 0.29) is 5.91 Å². The lowest BCUT2D eigenvalue weighted by Gasteiger charge is -2.29. The molecule has 1 atom stereocenters. The topological polar surface area (TPSA) is 57.3 Å². The molecule has 2 N–H and O–H groups in total. The highest BCUT2D eigenvalue weighted by Gasteiger charge is 2.18. The van der Waals surface area contributed by atoms with Crippen molar-refractivity contribution >= 4 is 11.7 Å². The molecule has 21 heavy (non-hydrogen) atoms. The average molecular weight is 290 g/mol. The third-order valence-corrected chi connectivity index (χ3v) is 3.81. The van der Waals surface area contributed by atoms with Crippen molar-refractivity contribution < 1.29 is 4.79 Å². The minimum atomic E-state index is -0.0802. The second kappa shape index (κ2) is 7.98.